The third-order valence-electron chi connectivity index (χ3n) is 4.46. The quantitative estimate of drug-likeness (QED) is 0.689. The summed E-state index contributed by atoms with van der Waals surface area (Å²) in [6.07, 6.45) is -2.43. The van der Waals surface area contributed by atoms with Gasteiger partial charge in [-0.2, -0.15) is 13.2 Å². The van der Waals surface area contributed by atoms with E-state index in [9.17, 15) is 26.4 Å². The number of sulfone groups is 1. The summed E-state index contributed by atoms with van der Waals surface area (Å²) in [6, 6.07) is 6.89. The third-order valence-corrected chi connectivity index (χ3v) is 6.52. The molecule has 1 saturated heterocycles. The highest BCUT2D eigenvalue weighted by Gasteiger charge is 2.38. The van der Waals surface area contributed by atoms with Crippen molar-refractivity contribution in [2.45, 2.75) is 23.9 Å². The van der Waals surface area contributed by atoms with Crippen molar-refractivity contribution < 1.29 is 36.3 Å². The standard InChI is InChI=1S/C16H19N3O3S2.C2HF3O2/c1-24(21,22)14-5-3-2-4-12(14)13-10-23-16(18-13)19-8-6-11(7-9-19)15(17)20;3-2(4,5)1(6)7/h2-5,10-11H,6-9H2,1H3,(H2,17,20);(H,6,7). The number of carbonyl (C=O) groups is 2. The number of anilines is 1. The largest absolute Gasteiger partial charge is 0.490 e. The van der Waals surface area contributed by atoms with Gasteiger partial charge in [0, 0.05) is 36.2 Å². The Labute approximate surface area is 180 Å². The lowest BCUT2D eigenvalue weighted by atomic mass is 9.97. The molecule has 170 valence electrons. The predicted octanol–water partition coefficient (Wildman–Crippen LogP) is 2.55. The van der Waals surface area contributed by atoms with Crippen LogP contribution in [0.2, 0.25) is 0 Å². The van der Waals surface area contributed by atoms with E-state index >= 15 is 0 Å². The average molecular weight is 480 g/mol. The molecule has 0 aliphatic carbocycles. The van der Waals surface area contributed by atoms with Crippen LogP contribution in [0.5, 0.6) is 0 Å². The molecular formula is C18H20F3N3O5S2. The maximum atomic E-state index is 12.0. The molecule has 2 heterocycles. The first-order chi connectivity index (χ1) is 14.3. The van der Waals surface area contributed by atoms with Crippen LogP contribution < -0.4 is 10.6 Å². The summed E-state index contributed by atoms with van der Waals surface area (Å²) in [4.78, 5) is 27.2. The number of nitrogens with two attached hydrogens (primary N) is 1. The maximum Gasteiger partial charge on any atom is 0.490 e. The number of carbonyl (C=O) groups excluding carboxylic acids is 1. The molecule has 0 saturated carbocycles. The van der Waals surface area contributed by atoms with E-state index in [1.54, 1.807) is 24.3 Å². The van der Waals surface area contributed by atoms with E-state index < -0.39 is 22.0 Å². The molecule has 1 fully saturated rings. The highest BCUT2D eigenvalue weighted by Crippen LogP contribution is 2.33. The first-order valence-electron chi connectivity index (χ1n) is 8.90. The van der Waals surface area contributed by atoms with E-state index in [0.717, 1.165) is 31.1 Å². The zero-order valence-electron chi connectivity index (χ0n) is 16.3. The van der Waals surface area contributed by atoms with Gasteiger partial charge in [-0.3, -0.25) is 4.79 Å². The van der Waals surface area contributed by atoms with Crippen molar-refractivity contribution in [3.05, 3.63) is 29.6 Å². The van der Waals surface area contributed by atoms with Gasteiger partial charge in [-0.05, 0) is 18.9 Å². The molecule has 1 amide bonds. The Morgan fingerprint density at radius 1 is 1.23 bits per heavy atom. The van der Waals surface area contributed by atoms with Crippen LogP contribution >= 0.6 is 11.3 Å². The topological polar surface area (TPSA) is 131 Å². The van der Waals surface area contributed by atoms with Crippen molar-refractivity contribution in [2.75, 3.05) is 24.2 Å². The summed E-state index contributed by atoms with van der Waals surface area (Å²) >= 11 is 1.48. The van der Waals surface area contributed by atoms with Gasteiger partial charge >= 0.3 is 12.1 Å². The molecule has 3 N–H and O–H groups in total. The van der Waals surface area contributed by atoms with E-state index in [1.807, 2.05) is 5.38 Å². The fraction of sp³-hybridized carbons (Fsp3) is 0.389. The maximum absolute atomic E-state index is 12.0. The fourth-order valence-corrected chi connectivity index (χ4v) is 4.67. The summed E-state index contributed by atoms with van der Waals surface area (Å²) in [7, 11) is -3.31. The number of benzene rings is 1. The van der Waals surface area contributed by atoms with E-state index in [-0.39, 0.29) is 16.7 Å². The number of amides is 1. The van der Waals surface area contributed by atoms with Crippen LogP contribution in [0.25, 0.3) is 11.3 Å². The molecule has 0 bridgehead atoms. The predicted molar refractivity (Wildman–Crippen MR) is 108 cm³/mol. The minimum atomic E-state index is -5.08. The molecule has 1 aliphatic heterocycles. The molecule has 8 nitrogen and oxygen atoms in total. The Bertz CT molecular complexity index is 1050. The second kappa shape index (κ2) is 9.64. The Morgan fingerprint density at radius 2 is 1.77 bits per heavy atom. The molecule has 2 aromatic rings. The van der Waals surface area contributed by atoms with E-state index in [0.29, 0.717) is 11.3 Å². The summed E-state index contributed by atoms with van der Waals surface area (Å²) < 4.78 is 55.6. The van der Waals surface area contributed by atoms with Gasteiger partial charge in [-0.15, -0.1) is 11.3 Å². The van der Waals surface area contributed by atoms with Gasteiger partial charge in [-0.25, -0.2) is 18.2 Å². The molecule has 31 heavy (non-hydrogen) atoms. The summed E-state index contributed by atoms with van der Waals surface area (Å²) in [5.41, 5.74) is 6.64. The van der Waals surface area contributed by atoms with Crippen LogP contribution in [0.15, 0.2) is 34.5 Å². The number of piperidine rings is 1. The lowest BCUT2D eigenvalue weighted by molar-refractivity contribution is -0.192. The van der Waals surface area contributed by atoms with E-state index in [2.05, 4.69) is 9.88 Å². The molecule has 3 rings (SSSR count). The minimum absolute atomic E-state index is 0.0633. The Morgan fingerprint density at radius 3 is 2.26 bits per heavy atom. The first kappa shape index (κ1) is 24.6. The molecule has 0 radical (unpaired) electrons. The van der Waals surface area contributed by atoms with Crippen molar-refractivity contribution in [2.24, 2.45) is 11.7 Å². The third kappa shape index (κ3) is 6.66. The number of halogens is 3. The monoisotopic (exact) mass is 479 g/mol. The zero-order valence-corrected chi connectivity index (χ0v) is 17.9. The molecule has 1 aromatic carbocycles. The number of primary amides is 1. The smallest absolute Gasteiger partial charge is 0.475 e. The van der Waals surface area contributed by atoms with Crippen LogP contribution in [-0.2, 0) is 19.4 Å². The molecule has 0 spiro atoms. The Hall–Kier alpha value is -2.67. The van der Waals surface area contributed by atoms with Crippen LogP contribution in [0.1, 0.15) is 12.8 Å². The van der Waals surface area contributed by atoms with Crippen LogP contribution in [0.3, 0.4) is 0 Å². The second-order valence-corrected chi connectivity index (χ2v) is 9.57. The van der Waals surface area contributed by atoms with Gasteiger partial charge in [0.1, 0.15) is 0 Å². The van der Waals surface area contributed by atoms with Gasteiger partial charge < -0.3 is 15.7 Å². The molecule has 1 aliphatic rings. The number of carboxylic acids is 1. The lowest BCUT2D eigenvalue weighted by Gasteiger charge is -2.30. The average Bonchev–Trinajstić information content (AvgIpc) is 3.17. The summed E-state index contributed by atoms with van der Waals surface area (Å²) in [5.74, 6) is -3.06. The van der Waals surface area contributed by atoms with Crippen molar-refractivity contribution >= 4 is 38.2 Å². The highest BCUT2D eigenvalue weighted by atomic mass is 32.2. The lowest BCUT2D eigenvalue weighted by Crippen LogP contribution is -2.38. The van der Waals surface area contributed by atoms with E-state index in [1.165, 1.54) is 17.6 Å². The number of aliphatic carboxylic acids is 1. The Kier molecular flexibility index (Phi) is 7.65. The summed E-state index contributed by atoms with van der Waals surface area (Å²) in [6.45, 7) is 1.46. The molecular weight excluding hydrogens is 459 g/mol. The van der Waals surface area contributed by atoms with Gasteiger partial charge in [0.2, 0.25) is 5.91 Å². The van der Waals surface area contributed by atoms with E-state index in [4.69, 9.17) is 15.6 Å². The number of hydrogen-bond donors (Lipinski definition) is 2. The Balaban J connectivity index is 0.000000423. The molecule has 1 aromatic heterocycles. The van der Waals surface area contributed by atoms with Gasteiger partial charge in [0.05, 0.1) is 10.6 Å². The normalized spacial score (nSPS) is 15.2. The van der Waals surface area contributed by atoms with Crippen LogP contribution in [-0.4, -0.2) is 55.9 Å². The highest BCUT2D eigenvalue weighted by molar-refractivity contribution is 7.90. The molecule has 13 heteroatoms. The number of hydrogen-bond acceptors (Lipinski definition) is 7. The van der Waals surface area contributed by atoms with Crippen molar-refractivity contribution in [3.8, 4) is 11.3 Å². The van der Waals surface area contributed by atoms with Gasteiger partial charge in [-0.1, -0.05) is 18.2 Å². The SMILES string of the molecule is CS(=O)(=O)c1ccccc1-c1csc(N2CCC(C(N)=O)CC2)n1.O=C(O)C(F)(F)F. The number of alkyl halides is 3. The first-order valence-corrected chi connectivity index (χ1v) is 11.7. The van der Waals surface area contributed by atoms with Crippen LogP contribution in [0.4, 0.5) is 18.3 Å². The van der Waals surface area contributed by atoms with Crippen molar-refractivity contribution in [3.63, 3.8) is 0 Å². The molecule has 0 atom stereocenters. The molecule has 0 unspecified atom stereocenters. The van der Waals surface area contributed by atoms with Crippen LogP contribution in [0, 0.1) is 5.92 Å². The number of nitrogens with zero attached hydrogens (tertiary/aromatic N) is 2. The number of rotatable bonds is 4. The van der Waals surface area contributed by atoms with Crippen molar-refractivity contribution in [1.29, 1.82) is 0 Å². The minimum Gasteiger partial charge on any atom is -0.475 e. The number of aromatic nitrogens is 1. The fourth-order valence-electron chi connectivity index (χ4n) is 2.89. The number of thiazole rings is 1. The van der Waals surface area contributed by atoms with Gasteiger partial charge in [0.25, 0.3) is 0 Å². The zero-order chi connectivity index (χ0) is 23.4. The summed E-state index contributed by atoms with van der Waals surface area (Å²) in [5, 5.41) is 9.84. The van der Waals surface area contributed by atoms with Crippen molar-refractivity contribution in [1.82, 2.24) is 4.98 Å². The van der Waals surface area contributed by atoms with Gasteiger partial charge in [0.15, 0.2) is 15.0 Å². The number of carboxylic acid groups (broad SMARTS) is 1. The second-order valence-electron chi connectivity index (χ2n) is 6.75.